The Morgan fingerprint density at radius 3 is 2.10 bits per heavy atom. The molecule has 0 saturated carbocycles. The number of Topliss-reactive ketones (excluding diaryl/α,β-unsaturated/α-hetero) is 1. The first kappa shape index (κ1) is 20.8. The molecule has 1 fully saturated rings. The monoisotopic (exact) mass is 414 g/mol. The Hall–Kier alpha value is -3.47. The molecule has 0 spiro atoms. The Labute approximate surface area is 181 Å². The normalized spacial score (nSPS) is 15.4. The molecule has 31 heavy (non-hydrogen) atoms. The van der Waals surface area contributed by atoms with Gasteiger partial charge in [0.05, 0.1) is 0 Å². The van der Waals surface area contributed by atoms with Crippen LogP contribution in [0, 0.1) is 5.92 Å². The van der Waals surface area contributed by atoms with Crippen molar-refractivity contribution in [2.75, 3.05) is 13.1 Å². The van der Waals surface area contributed by atoms with E-state index in [1.807, 2.05) is 24.3 Å². The Morgan fingerprint density at radius 2 is 1.45 bits per heavy atom. The average Bonchev–Trinajstić information content (AvgIpc) is 2.82. The maximum atomic E-state index is 13.5. The van der Waals surface area contributed by atoms with Crippen molar-refractivity contribution in [2.24, 2.45) is 5.92 Å². The van der Waals surface area contributed by atoms with Gasteiger partial charge >= 0.3 is 0 Å². The van der Waals surface area contributed by atoms with Crippen molar-refractivity contribution in [2.45, 2.75) is 25.3 Å². The summed E-state index contributed by atoms with van der Waals surface area (Å²) in [6.45, 7) is 1.19. The first-order valence-electron chi connectivity index (χ1n) is 10.7. The molecule has 0 radical (unpaired) electrons. The van der Waals surface area contributed by atoms with Gasteiger partial charge in [0.25, 0.3) is 11.5 Å². The Kier molecular flexibility index (Phi) is 6.41. The summed E-state index contributed by atoms with van der Waals surface area (Å²) in [6.07, 6.45) is 4.29. The number of aromatic nitrogens is 1. The highest BCUT2D eigenvalue weighted by molar-refractivity contribution is 6.11. The lowest BCUT2D eigenvalue weighted by molar-refractivity contribution is -0.134. The lowest BCUT2D eigenvalue weighted by Crippen LogP contribution is -2.46. The van der Waals surface area contributed by atoms with E-state index in [-0.39, 0.29) is 17.2 Å². The SMILES string of the molecule is O=C(c1ccccc1)[C@H](C(=O)N1CCC(Cc2ccccc2)CC1)n1ccccc1=O. The number of piperidine rings is 1. The van der Waals surface area contributed by atoms with Crippen LogP contribution in [0.25, 0.3) is 0 Å². The van der Waals surface area contributed by atoms with Crippen LogP contribution in [0.4, 0.5) is 0 Å². The predicted octanol–water partition coefficient (Wildman–Crippen LogP) is 3.75. The van der Waals surface area contributed by atoms with Gasteiger partial charge in [-0.15, -0.1) is 0 Å². The predicted molar refractivity (Wildman–Crippen MR) is 120 cm³/mol. The average molecular weight is 415 g/mol. The van der Waals surface area contributed by atoms with Gasteiger partial charge in [0, 0.05) is 30.9 Å². The summed E-state index contributed by atoms with van der Waals surface area (Å²) in [6, 6.07) is 22.6. The molecule has 5 heteroatoms. The molecule has 5 nitrogen and oxygen atoms in total. The molecule has 4 rings (SSSR count). The van der Waals surface area contributed by atoms with Crippen LogP contribution in [0.3, 0.4) is 0 Å². The zero-order chi connectivity index (χ0) is 21.6. The number of hydrogen-bond acceptors (Lipinski definition) is 3. The minimum absolute atomic E-state index is 0.305. The smallest absolute Gasteiger partial charge is 0.253 e. The lowest BCUT2D eigenvalue weighted by atomic mass is 9.89. The molecule has 1 amide bonds. The van der Waals surface area contributed by atoms with E-state index >= 15 is 0 Å². The minimum atomic E-state index is -1.18. The van der Waals surface area contributed by atoms with Crippen molar-refractivity contribution in [3.05, 3.63) is 107 Å². The van der Waals surface area contributed by atoms with Crippen molar-refractivity contribution in [1.29, 1.82) is 0 Å². The highest BCUT2D eigenvalue weighted by Gasteiger charge is 2.35. The molecular formula is C26H26N2O3. The number of rotatable bonds is 6. The summed E-state index contributed by atoms with van der Waals surface area (Å²) < 4.78 is 1.26. The third-order valence-corrected chi connectivity index (χ3v) is 5.96. The molecule has 1 aliphatic rings. The summed E-state index contributed by atoms with van der Waals surface area (Å²) in [5.41, 5.74) is 1.37. The fraction of sp³-hybridized carbons (Fsp3) is 0.269. The van der Waals surface area contributed by atoms with Gasteiger partial charge in [0.2, 0.25) is 0 Å². The number of ketones is 1. The molecule has 3 aromatic rings. The molecule has 0 bridgehead atoms. The van der Waals surface area contributed by atoms with Crippen molar-refractivity contribution < 1.29 is 9.59 Å². The molecule has 0 N–H and O–H groups in total. The summed E-state index contributed by atoms with van der Waals surface area (Å²) in [4.78, 5) is 41.0. The molecule has 0 unspecified atom stereocenters. The van der Waals surface area contributed by atoms with Gasteiger partial charge in [0.1, 0.15) is 0 Å². The van der Waals surface area contributed by atoms with Gasteiger partial charge in [0.15, 0.2) is 11.8 Å². The summed E-state index contributed by atoms with van der Waals surface area (Å²) in [7, 11) is 0. The van der Waals surface area contributed by atoms with E-state index < -0.39 is 6.04 Å². The highest BCUT2D eigenvalue weighted by Crippen LogP contribution is 2.25. The summed E-state index contributed by atoms with van der Waals surface area (Å²) in [5.74, 6) is -0.153. The molecule has 1 saturated heterocycles. The van der Waals surface area contributed by atoms with E-state index in [2.05, 4.69) is 12.1 Å². The van der Waals surface area contributed by atoms with Crippen LogP contribution in [-0.2, 0) is 11.2 Å². The van der Waals surface area contributed by atoms with Crippen molar-refractivity contribution >= 4 is 11.7 Å². The van der Waals surface area contributed by atoms with Crippen molar-refractivity contribution in [1.82, 2.24) is 9.47 Å². The van der Waals surface area contributed by atoms with E-state index in [0.717, 1.165) is 19.3 Å². The largest absolute Gasteiger partial charge is 0.340 e. The zero-order valence-electron chi connectivity index (χ0n) is 17.4. The Morgan fingerprint density at radius 1 is 0.839 bits per heavy atom. The first-order valence-corrected chi connectivity index (χ1v) is 10.7. The van der Waals surface area contributed by atoms with Crippen LogP contribution in [0.1, 0.15) is 34.8 Å². The lowest BCUT2D eigenvalue weighted by Gasteiger charge is -2.34. The number of carbonyl (C=O) groups is 2. The van der Waals surface area contributed by atoms with Gasteiger partial charge < -0.3 is 4.90 Å². The van der Waals surface area contributed by atoms with E-state index in [1.54, 1.807) is 41.3 Å². The third kappa shape index (κ3) is 4.82. The number of likely N-dealkylation sites (tertiary alicyclic amines) is 1. The maximum Gasteiger partial charge on any atom is 0.253 e. The summed E-state index contributed by atoms with van der Waals surface area (Å²) >= 11 is 0. The number of carbonyl (C=O) groups excluding carboxylic acids is 2. The van der Waals surface area contributed by atoms with E-state index in [1.165, 1.54) is 22.4 Å². The topological polar surface area (TPSA) is 59.4 Å². The highest BCUT2D eigenvalue weighted by atomic mass is 16.2. The van der Waals surface area contributed by atoms with Crippen LogP contribution in [0.15, 0.2) is 89.9 Å². The van der Waals surface area contributed by atoms with E-state index in [0.29, 0.717) is 24.6 Å². The second-order valence-corrected chi connectivity index (χ2v) is 8.04. The van der Waals surface area contributed by atoms with Crippen molar-refractivity contribution in [3.8, 4) is 0 Å². The fourth-order valence-electron chi connectivity index (χ4n) is 4.25. The molecule has 2 aromatic carbocycles. The number of pyridine rings is 1. The molecule has 1 atom stereocenters. The minimum Gasteiger partial charge on any atom is -0.340 e. The molecule has 2 heterocycles. The third-order valence-electron chi connectivity index (χ3n) is 5.96. The van der Waals surface area contributed by atoms with Crippen LogP contribution in [0.5, 0.6) is 0 Å². The van der Waals surface area contributed by atoms with Gasteiger partial charge in [-0.2, -0.15) is 0 Å². The standard InChI is InChI=1S/C26H26N2O3/c29-23-13-7-8-16-28(23)24(25(30)22-11-5-2-6-12-22)26(31)27-17-14-21(15-18-27)19-20-9-3-1-4-10-20/h1-13,16,21,24H,14-15,17-19H2/t24-/m1/s1. The second kappa shape index (κ2) is 9.56. The van der Waals surface area contributed by atoms with Gasteiger partial charge in [-0.05, 0) is 36.8 Å². The van der Waals surface area contributed by atoms with Gasteiger partial charge in [-0.1, -0.05) is 66.7 Å². The van der Waals surface area contributed by atoms with E-state index in [4.69, 9.17) is 0 Å². The second-order valence-electron chi connectivity index (χ2n) is 8.04. The van der Waals surface area contributed by atoms with E-state index in [9.17, 15) is 14.4 Å². The number of amides is 1. The van der Waals surface area contributed by atoms with Crippen LogP contribution in [-0.4, -0.2) is 34.2 Å². The molecule has 1 aliphatic heterocycles. The number of hydrogen-bond donors (Lipinski definition) is 0. The van der Waals surface area contributed by atoms with Gasteiger partial charge in [-0.25, -0.2) is 0 Å². The zero-order valence-corrected chi connectivity index (χ0v) is 17.4. The Balaban J connectivity index is 1.52. The molecule has 1 aromatic heterocycles. The fourth-order valence-corrected chi connectivity index (χ4v) is 4.25. The van der Waals surface area contributed by atoms with Crippen LogP contribution in [0.2, 0.25) is 0 Å². The number of nitrogens with zero attached hydrogens (tertiary/aromatic N) is 2. The molecular weight excluding hydrogens is 388 g/mol. The first-order chi connectivity index (χ1) is 15.1. The number of benzene rings is 2. The molecule has 0 aliphatic carbocycles. The van der Waals surface area contributed by atoms with Crippen LogP contribution >= 0.6 is 0 Å². The molecule has 158 valence electrons. The maximum absolute atomic E-state index is 13.5. The quantitative estimate of drug-likeness (QED) is 0.456. The van der Waals surface area contributed by atoms with Gasteiger partial charge in [-0.3, -0.25) is 19.0 Å². The summed E-state index contributed by atoms with van der Waals surface area (Å²) in [5, 5.41) is 0. The van der Waals surface area contributed by atoms with Crippen molar-refractivity contribution in [3.63, 3.8) is 0 Å². The van der Waals surface area contributed by atoms with Crippen LogP contribution < -0.4 is 5.56 Å². The Bertz CT molecular complexity index is 1080.